The van der Waals surface area contributed by atoms with Gasteiger partial charge in [-0.2, -0.15) is 0 Å². The number of carbonyl (C=O) groups excluding carboxylic acids is 3. The van der Waals surface area contributed by atoms with Gasteiger partial charge < -0.3 is 45.4 Å². The van der Waals surface area contributed by atoms with Gasteiger partial charge in [-0.15, -0.1) is 0 Å². The van der Waals surface area contributed by atoms with Crippen LogP contribution in [0.1, 0.15) is 59.5 Å². The number of esters is 2. The molecule has 3 rings (SSSR count). The summed E-state index contributed by atoms with van der Waals surface area (Å²) in [5, 5.41) is 12.0. The number of hydrogen-bond acceptors (Lipinski definition) is 13. The quantitative estimate of drug-likeness (QED) is 0.0193. The van der Waals surface area contributed by atoms with E-state index in [1.54, 1.807) is 55.5 Å². The van der Waals surface area contributed by atoms with Gasteiger partial charge in [0.25, 0.3) is 0 Å². The lowest BCUT2D eigenvalue weighted by Crippen LogP contribution is -2.61. The largest absolute Gasteiger partial charge is 0.507 e. The number of rotatable bonds is 27. The predicted molar refractivity (Wildman–Crippen MR) is 279 cm³/mol. The highest BCUT2D eigenvalue weighted by atomic mass is 28.5. The number of benzene rings is 3. The molecule has 0 aliphatic carbocycles. The summed E-state index contributed by atoms with van der Waals surface area (Å²) >= 11 is 0. The first-order valence-electron chi connectivity index (χ1n) is 22.6. The highest BCUT2D eigenvalue weighted by Crippen LogP contribution is 2.33. The van der Waals surface area contributed by atoms with Gasteiger partial charge in [0.2, 0.25) is 0 Å². The van der Waals surface area contributed by atoms with E-state index in [1.165, 1.54) is 12.1 Å². The topological polar surface area (TPSA) is 149 Å². The summed E-state index contributed by atoms with van der Waals surface area (Å²) in [7, 11) is -14.5. The number of anilines is 1. The molecule has 67 heavy (non-hydrogen) atoms. The van der Waals surface area contributed by atoms with Gasteiger partial charge in [-0.3, -0.25) is 4.79 Å². The molecule has 2 unspecified atom stereocenters. The van der Waals surface area contributed by atoms with Gasteiger partial charge in [0.15, 0.2) is 22.4 Å². The van der Waals surface area contributed by atoms with Crippen molar-refractivity contribution in [2.75, 3.05) is 44.4 Å². The van der Waals surface area contributed by atoms with Crippen LogP contribution in [0.2, 0.25) is 65.5 Å². The van der Waals surface area contributed by atoms with Crippen molar-refractivity contribution in [2.24, 2.45) is 0 Å². The van der Waals surface area contributed by atoms with Gasteiger partial charge in [0.1, 0.15) is 36.0 Å². The summed E-state index contributed by atoms with van der Waals surface area (Å²) in [6, 6.07) is 18.5. The van der Waals surface area contributed by atoms with E-state index in [-0.39, 0.29) is 53.6 Å². The van der Waals surface area contributed by atoms with E-state index in [2.05, 4.69) is 44.3 Å². The van der Waals surface area contributed by atoms with Crippen LogP contribution in [0.15, 0.2) is 108 Å². The molecule has 1 N–H and O–H groups in total. The van der Waals surface area contributed by atoms with Crippen LogP contribution in [-0.4, -0.2) is 105 Å². The first-order chi connectivity index (χ1) is 31.1. The zero-order chi connectivity index (χ0) is 50.5. The third-order valence-corrected chi connectivity index (χ3v) is 27.9. The molecule has 2 atom stereocenters. The Morgan fingerprint density at radius 2 is 1.15 bits per heavy atom. The molecule has 0 bridgehead atoms. The number of ether oxygens (including phenoxy) is 4. The minimum atomic E-state index is -3.42. The molecular weight excluding hydrogens is 935 g/mol. The number of ketones is 1. The molecular formula is C49H73NO12Si5. The third-order valence-electron chi connectivity index (χ3n) is 10.0. The predicted octanol–water partition coefficient (Wildman–Crippen LogP) is 11.0. The van der Waals surface area contributed by atoms with Crippen LogP contribution in [0, 0.1) is 0 Å². The highest BCUT2D eigenvalue weighted by Gasteiger charge is 2.51. The fourth-order valence-corrected chi connectivity index (χ4v) is 28.6. The number of aromatic hydroxyl groups is 1. The fraction of sp³-hybridized carbons (Fsp3) is 0.408. The van der Waals surface area contributed by atoms with Gasteiger partial charge in [-0.1, -0.05) is 50.1 Å². The van der Waals surface area contributed by atoms with Crippen molar-refractivity contribution < 1.29 is 54.9 Å². The standard InChI is InChI=1S/C49H73NO12Si5/c1-18-50(19-2)40-28-31-44(46(51)33-40)47(52)42-24-22-23-25-43(42)48(53)58-35-37(6)67(17,60-64(11,12)13)62-65(14,15)61-66(16,59-63(8,9)10)36(5)34-57-41-29-26-39(27-30-41)32-45(38(7)55-20-3)49(54)56-21-4/h22-33,51H,5-7,18-21,34-35H2,1-4,8-17H3/b45-32-. The van der Waals surface area contributed by atoms with Crippen LogP contribution in [0.25, 0.3) is 6.08 Å². The molecule has 366 valence electrons. The van der Waals surface area contributed by atoms with E-state index >= 15 is 0 Å². The molecule has 0 heterocycles. The average Bonchev–Trinajstić information content (AvgIpc) is 3.22. The van der Waals surface area contributed by atoms with Crippen molar-refractivity contribution in [1.82, 2.24) is 0 Å². The zero-order valence-corrected chi connectivity index (χ0v) is 47.2. The van der Waals surface area contributed by atoms with Crippen molar-refractivity contribution in [3.63, 3.8) is 0 Å². The van der Waals surface area contributed by atoms with Gasteiger partial charge in [-0.25, -0.2) is 9.59 Å². The number of carbonyl (C=O) groups is 3. The molecule has 0 fully saturated rings. The van der Waals surface area contributed by atoms with Crippen LogP contribution >= 0.6 is 0 Å². The Balaban J connectivity index is 1.84. The summed E-state index contributed by atoms with van der Waals surface area (Å²) in [6.45, 7) is 42.3. The number of nitrogens with zero attached hydrogens (tertiary/aromatic N) is 1. The van der Waals surface area contributed by atoms with Crippen LogP contribution in [-0.2, 0) is 35.5 Å². The second-order valence-electron chi connectivity index (χ2n) is 18.4. The zero-order valence-electron chi connectivity index (χ0n) is 42.2. The Bertz CT molecular complexity index is 2260. The van der Waals surface area contributed by atoms with Gasteiger partial charge in [0.05, 0.1) is 24.3 Å². The van der Waals surface area contributed by atoms with E-state index in [0.717, 1.165) is 24.3 Å². The fourth-order valence-electron chi connectivity index (χ4n) is 7.16. The lowest BCUT2D eigenvalue weighted by molar-refractivity contribution is -0.138. The minimum Gasteiger partial charge on any atom is -0.507 e. The molecule has 0 aromatic heterocycles. The Labute approximate surface area is 404 Å². The Hall–Kier alpha value is -4.65. The molecule has 18 heteroatoms. The van der Waals surface area contributed by atoms with Crippen molar-refractivity contribution in [3.05, 3.63) is 130 Å². The van der Waals surface area contributed by atoms with Crippen molar-refractivity contribution >= 4 is 71.8 Å². The summed E-state index contributed by atoms with van der Waals surface area (Å²) < 4.78 is 50.6. The van der Waals surface area contributed by atoms with Crippen LogP contribution in [0.4, 0.5) is 5.69 Å². The Morgan fingerprint density at radius 1 is 0.627 bits per heavy atom. The second kappa shape index (κ2) is 24.1. The molecule has 3 aromatic rings. The van der Waals surface area contributed by atoms with E-state index in [4.69, 9.17) is 35.4 Å². The average molecular weight is 1010 g/mol. The normalized spacial score (nSPS) is 14.0. The van der Waals surface area contributed by atoms with Crippen LogP contribution < -0.4 is 9.64 Å². The van der Waals surface area contributed by atoms with Gasteiger partial charge in [0, 0.05) is 40.8 Å². The van der Waals surface area contributed by atoms with E-state index in [0.29, 0.717) is 22.7 Å². The summed E-state index contributed by atoms with van der Waals surface area (Å²) in [5.41, 5.74) is 1.95. The van der Waals surface area contributed by atoms with E-state index in [9.17, 15) is 19.5 Å². The first kappa shape index (κ1) is 56.7. The van der Waals surface area contributed by atoms with Crippen molar-refractivity contribution in [3.8, 4) is 11.5 Å². The maximum Gasteiger partial charge on any atom is 0.348 e. The second-order valence-corrected chi connectivity index (χ2v) is 38.2. The van der Waals surface area contributed by atoms with Crippen LogP contribution in [0.5, 0.6) is 11.5 Å². The molecule has 3 aromatic carbocycles. The van der Waals surface area contributed by atoms with Crippen molar-refractivity contribution in [1.29, 1.82) is 0 Å². The number of phenols is 1. The molecule has 0 spiro atoms. The molecule has 13 nitrogen and oxygen atoms in total. The van der Waals surface area contributed by atoms with Crippen molar-refractivity contribution in [2.45, 2.75) is 93.2 Å². The van der Waals surface area contributed by atoms with E-state index in [1.807, 2.05) is 78.7 Å². The van der Waals surface area contributed by atoms with Gasteiger partial charge >= 0.3 is 37.6 Å². The SMILES string of the molecule is C=C(OCC)/C(=C/c1ccc(OCC(=C)[Si](C)(O[Si](C)(C)C)O[Si](C)(C)O[Si](C)(O[Si](C)(C)C)C(=C)COC(=O)c2ccccc2C(=O)c2ccc(N(CC)CC)cc2O)cc1)C(=O)OCC. The monoisotopic (exact) mass is 1010 g/mol. The Morgan fingerprint density at radius 3 is 1.64 bits per heavy atom. The lowest BCUT2D eigenvalue weighted by atomic mass is 9.97. The van der Waals surface area contributed by atoms with E-state index < -0.39 is 60.0 Å². The number of phenolic OH excluding ortho intramolecular Hbond substituents is 1. The lowest BCUT2D eigenvalue weighted by Gasteiger charge is -2.44. The minimum absolute atomic E-state index is 0.0478. The summed E-state index contributed by atoms with van der Waals surface area (Å²) in [6.07, 6.45) is 1.66. The molecule has 0 saturated carbocycles. The maximum absolute atomic E-state index is 13.8. The highest BCUT2D eigenvalue weighted by molar-refractivity contribution is 6.94. The first-order valence-corrected chi connectivity index (χ1v) is 36.9. The summed E-state index contributed by atoms with van der Waals surface area (Å²) in [5.74, 6) is -1.15. The molecule has 0 aliphatic rings. The molecule has 0 aliphatic heterocycles. The molecule has 0 amide bonds. The molecule has 0 saturated heterocycles. The third kappa shape index (κ3) is 16.8. The maximum atomic E-state index is 13.8. The van der Waals surface area contributed by atoms with Gasteiger partial charge in [-0.05, 0) is 135 Å². The molecule has 0 radical (unpaired) electrons. The summed E-state index contributed by atoms with van der Waals surface area (Å²) in [4.78, 5) is 42.3. The Kier molecular flexibility index (Phi) is 20.4. The smallest absolute Gasteiger partial charge is 0.348 e. The van der Waals surface area contributed by atoms with Crippen LogP contribution in [0.3, 0.4) is 0 Å². The number of hydrogen-bond donors (Lipinski definition) is 1.